The van der Waals surface area contributed by atoms with Crippen LogP contribution in [-0.4, -0.2) is 49.5 Å². The van der Waals surface area contributed by atoms with Gasteiger partial charge in [0.15, 0.2) is 5.96 Å². The Balaban J connectivity index is 1.56. The maximum absolute atomic E-state index is 11.5. The summed E-state index contributed by atoms with van der Waals surface area (Å²) in [6, 6.07) is 0.475. The predicted octanol–water partition coefficient (Wildman–Crippen LogP) is 0.716. The summed E-state index contributed by atoms with van der Waals surface area (Å²) in [6.07, 6.45) is 6.30. The van der Waals surface area contributed by atoms with Gasteiger partial charge in [-0.25, -0.2) is 0 Å². The molecule has 0 unspecified atom stereocenters. The van der Waals surface area contributed by atoms with E-state index in [4.69, 9.17) is 0 Å². The number of carbonyl (C=O) groups excluding carboxylic acids is 1. The molecule has 1 saturated carbocycles. The topological polar surface area (TPSA) is 56.7 Å². The molecule has 0 aromatic rings. The number of nitrogens with zero attached hydrogens (tertiary/aromatic N) is 2. The molecule has 1 aliphatic carbocycles. The van der Waals surface area contributed by atoms with Gasteiger partial charge in [0.25, 0.3) is 0 Å². The first-order valence-electron chi connectivity index (χ1n) is 7.04. The van der Waals surface area contributed by atoms with E-state index in [1.165, 1.54) is 12.8 Å². The lowest BCUT2D eigenvalue weighted by atomic mass is 10.3. The quantitative estimate of drug-likeness (QED) is 0.430. The zero-order valence-corrected chi connectivity index (χ0v) is 11.2. The third-order valence-electron chi connectivity index (χ3n) is 3.42. The van der Waals surface area contributed by atoms with E-state index < -0.39 is 0 Å². The van der Waals surface area contributed by atoms with Crippen LogP contribution >= 0.6 is 0 Å². The van der Waals surface area contributed by atoms with Gasteiger partial charge in [0.1, 0.15) is 0 Å². The molecule has 18 heavy (non-hydrogen) atoms. The summed E-state index contributed by atoms with van der Waals surface area (Å²) in [5.41, 5.74) is 0. The zero-order valence-electron chi connectivity index (χ0n) is 11.2. The molecule has 1 aliphatic heterocycles. The maximum atomic E-state index is 11.5. The molecule has 0 spiro atoms. The summed E-state index contributed by atoms with van der Waals surface area (Å²) in [6.45, 7) is 3.02. The largest absolute Gasteiger partial charge is 0.356 e. The predicted molar refractivity (Wildman–Crippen MR) is 72.6 cm³/mol. The lowest BCUT2D eigenvalue weighted by Crippen LogP contribution is -2.40. The molecule has 2 N–H and O–H groups in total. The standard InChI is InChI=1S/C13H24N4O/c1-14-13(17-9-2-3-10-17)15-8-4-5-12(18)16-11-6-7-11/h11H,2-10H2,1H3,(H,14,15)(H,16,18). The Morgan fingerprint density at radius 1 is 1.33 bits per heavy atom. The van der Waals surface area contributed by atoms with Crippen molar-refractivity contribution in [2.45, 2.75) is 44.6 Å². The van der Waals surface area contributed by atoms with Gasteiger partial charge in [-0.3, -0.25) is 9.79 Å². The Kier molecular flexibility index (Phi) is 4.84. The maximum Gasteiger partial charge on any atom is 0.220 e. The number of likely N-dealkylation sites (tertiary alicyclic amines) is 1. The molecule has 2 aliphatic rings. The van der Waals surface area contributed by atoms with Crippen LogP contribution in [0.15, 0.2) is 4.99 Å². The highest BCUT2D eigenvalue weighted by molar-refractivity contribution is 5.80. The molecule has 1 saturated heterocycles. The van der Waals surface area contributed by atoms with Crippen molar-refractivity contribution < 1.29 is 4.79 Å². The Morgan fingerprint density at radius 2 is 2.06 bits per heavy atom. The molecule has 2 fully saturated rings. The van der Waals surface area contributed by atoms with Crippen LogP contribution in [0.1, 0.15) is 38.5 Å². The van der Waals surface area contributed by atoms with Crippen LogP contribution in [0, 0.1) is 0 Å². The van der Waals surface area contributed by atoms with E-state index in [1.54, 1.807) is 0 Å². The lowest BCUT2D eigenvalue weighted by molar-refractivity contribution is -0.121. The molecule has 2 rings (SSSR count). The van der Waals surface area contributed by atoms with Crippen molar-refractivity contribution in [1.82, 2.24) is 15.5 Å². The minimum absolute atomic E-state index is 0.190. The molecule has 0 radical (unpaired) electrons. The summed E-state index contributed by atoms with van der Waals surface area (Å²) < 4.78 is 0. The van der Waals surface area contributed by atoms with Crippen LogP contribution < -0.4 is 10.6 Å². The van der Waals surface area contributed by atoms with E-state index in [-0.39, 0.29) is 5.91 Å². The van der Waals surface area contributed by atoms with Gasteiger partial charge in [0, 0.05) is 39.1 Å². The fourth-order valence-electron chi connectivity index (χ4n) is 2.24. The van der Waals surface area contributed by atoms with E-state index in [9.17, 15) is 4.79 Å². The molecule has 5 heteroatoms. The van der Waals surface area contributed by atoms with Crippen molar-refractivity contribution in [3.05, 3.63) is 0 Å². The fraction of sp³-hybridized carbons (Fsp3) is 0.846. The second-order valence-electron chi connectivity index (χ2n) is 5.11. The van der Waals surface area contributed by atoms with Crippen LogP contribution in [0.3, 0.4) is 0 Å². The van der Waals surface area contributed by atoms with Gasteiger partial charge in [-0.15, -0.1) is 0 Å². The molecule has 0 aromatic carbocycles. The molecule has 5 nitrogen and oxygen atoms in total. The van der Waals surface area contributed by atoms with Crippen molar-refractivity contribution in [1.29, 1.82) is 0 Å². The molecule has 0 aromatic heterocycles. The van der Waals surface area contributed by atoms with Gasteiger partial charge in [-0.05, 0) is 32.1 Å². The highest BCUT2D eigenvalue weighted by atomic mass is 16.1. The fourth-order valence-corrected chi connectivity index (χ4v) is 2.24. The number of hydrogen-bond donors (Lipinski definition) is 2. The number of nitrogens with one attached hydrogen (secondary N) is 2. The van der Waals surface area contributed by atoms with Crippen molar-refractivity contribution in [2.24, 2.45) is 4.99 Å². The molecule has 0 atom stereocenters. The third-order valence-corrected chi connectivity index (χ3v) is 3.42. The SMILES string of the molecule is CN=C(NCCCC(=O)NC1CC1)N1CCCC1. The number of carbonyl (C=O) groups is 1. The minimum atomic E-state index is 0.190. The lowest BCUT2D eigenvalue weighted by Gasteiger charge is -2.20. The van der Waals surface area contributed by atoms with Crippen molar-refractivity contribution >= 4 is 11.9 Å². The smallest absolute Gasteiger partial charge is 0.220 e. The average molecular weight is 252 g/mol. The van der Waals surface area contributed by atoms with E-state index in [0.29, 0.717) is 12.5 Å². The van der Waals surface area contributed by atoms with E-state index in [2.05, 4.69) is 20.5 Å². The number of amides is 1. The molecule has 102 valence electrons. The number of aliphatic imine (C=N–C) groups is 1. The van der Waals surface area contributed by atoms with Crippen LogP contribution in [0.2, 0.25) is 0 Å². The second kappa shape index (κ2) is 6.61. The average Bonchev–Trinajstić information content (AvgIpc) is 3.01. The van der Waals surface area contributed by atoms with Gasteiger partial charge in [-0.1, -0.05) is 0 Å². The molecule has 0 bridgehead atoms. The van der Waals surface area contributed by atoms with Crippen molar-refractivity contribution in [3.8, 4) is 0 Å². The van der Waals surface area contributed by atoms with Crippen LogP contribution in [0.4, 0.5) is 0 Å². The number of rotatable bonds is 5. The summed E-state index contributed by atoms with van der Waals surface area (Å²) in [5.74, 6) is 1.17. The first-order valence-corrected chi connectivity index (χ1v) is 7.04. The zero-order chi connectivity index (χ0) is 12.8. The van der Waals surface area contributed by atoms with Gasteiger partial charge >= 0.3 is 0 Å². The van der Waals surface area contributed by atoms with Gasteiger partial charge in [0.05, 0.1) is 0 Å². The Morgan fingerprint density at radius 3 is 2.67 bits per heavy atom. The number of guanidine groups is 1. The van der Waals surface area contributed by atoms with Crippen LogP contribution in [0.25, 0.3) is 0 Å². The molecule has 1 heterocycles. The Labute approximate surface area is 109 Å². The highest BCUT2D eigenvalue weighted by Gasteiger charge is 2.22. The first kappa shape index (κ1) is 13.2. The number of hydrogen-bond acceptors (Lipinski definition) is 2. The Hall–Kier alpha value is -1.26. The van der Waals surface area contributed by atoms with E-state index in [1.807, 2.05) is 7.05 Å². The van der Waals surface area contributed by atoms with Gasteiger partial charge in [0.2, 0.25) is 5.91 Å². The van der Waals surface area contributed by atoms with Crippen molar-refractivity contribution in [2.75, 3.05) is 26.7 Å². The summed E-state index contributed by atoms with van der Waals surface area (Å²) in [7, 11) is 1.82. The van der Waals surface area contributed by atoms with Gasteiger partial charge < -0.3 is 15.5 Å². The van der Waals surface area contributed by atoms with Crippen molar-refractivity contribution in [3.63, 3.8) is 0 Å². The van der Waals surface area contributed by atoms with Crippen LogP contribution in [0.5, 0.6) is 0 Å². The molecule has 1 amide bonds. The van der Waals surface area contributed by atoms with Gasteiger partial charge in [-0.2, -0.15) is 0 Å². The van der Waals surface area contributed by atoms with E-state index >= 15 is 0 Å². The summed E-state index contributed by atoms with van der Waals surface area (Å²) >= 11 is 0. The molecular weight excluding hydrogens is 228 g/mol. The second-order valence-corrected chi connectivity index (χ2v) is 5.11. The normalized spacial score (nSPS) is 20.1. The monoisotopic (exact) mass is 252 g/mol. The summed E-state index contributed by atoms with van der Waals surface area (Å²) in [5, 5.41) is 6.34. The first-order chi connectivity index (χ1) is 8.79. The Bertz CT molecular complexity index is 306. The molecular formula is C13H24N4O. The third kappa shape index (κ3) is 4.20. The summed E-state index contributed by atoms with van der Waals surface area (Å²) in [4.78, 5) is 18.0. The highest BCUT2D eigenvalue weighted by Crippen LogP contribution is 2.18. The van der Waals surface area contributed by atoms with E-state index in [0.717, 1.165) is 44.9 Å². The van der Waals surface area contributed by atoms with Crippen LogP contribution in [-0.2, 0) is 4.79 Å². The minimum Gasteiger partial charge on any atom is -0.356 e.